The summed E-state index contributed by atoms with van der Waals surface area (Å²) in [5.41, 5.74) is 11.7. The van der Waals surface area contributed by atoms with Gasteiger partial charge in [0.05, 0.1) is 16.4 Å². The second-order valence-corrected chi connectivity index (χ2v) is 6.46. The fourth-order valence-electron chi connectivity index (χ4n) is 2.56. The predicted octanol–water partition coefficient (Wildman–Crippen LogP) is 3.67. The third-order valence-corrected chi connectivity index (χ3v) is 4.64. The molecule has 4 heteroatoms. The summed E-state index contributed by atoms with van der Waals surface area (Å²) in [6.45, 7) is 8.33. The van der Waals surface area contributed by atoms with Crippen LogP contribution in [-0.4, -0.2) is 9.78 Å². The molecular weight excluding hydrogens is 282 g/mol. The van der Waals surface area contributed by atoms with E-state index >= 15 is 0 Å². The third-order valence-electron chi connectivity index (χ3n) is 4.20. The number of hydrogen-bond acceptors (Lipinski definition) is 2. The van der Waals surface area contributed by atoms with E-state index in [1.54, 1.807) is 0 Å². The lowest BCUT2D eigenvalue weighted by Crippen LogP contribution is -2.36. The van der Waals surface area contributed by atoms with Crippen molar-refractivity contribution in [1.82, 2.24) is 9.78 Å². The number of rotatable bonds is 4. The van der Waals surface area contributed by atoms with E-state index < -0.39 is 5.54 Å². The van der Waals surface area contributed by atoms with Gasteiger partial charge in [0.1, 0.15) is 0 Å². The van der Waals surface area contributed by atoms with Crippen LogP contribution in [0.5, 0.6) is 0 Å². The minimum Gasteiger partial charge on any atom is -0.321 e. The zero-order chi connectivity index (χ0) is 15.8. The van der Waals surface area contributed by atoms with Gasteiger partial charge in [0.25, 0.3) is 0 Å². The molecule has 0 bridgehead atoms. The van der Waals surface area contributed by atoms with Crippen LogP contribution in [0.1, 0.15) is 41.9 Å². The number of benzene rings is 1. The molecule has 0 aliphatic rings. The maximum Gasteiger partial charge on any atom is 0.0850 e. The molecular formula is C17H24ClN3. The Bertz CT molecular complexity index is 656. The average molecular weight is 306 g/mol. The van der Waals surface area contributed by atoms with Crippen LogP contribution in [-0.2, 0) is 25.4 Å². The Kier molecular flexibility index (Phi) is 4.45. The number of nitrogens with zero attached hydrogens (tertiary/aromatic N) is 2. The van der Waals surface area contributed by atoms with E-state index in [2.05, 4.69) is 44.1 Å². The van der Waals surface area contributed by atoms with E-state index in [0.717, 1.165) is 28.4 Å². The highest BCUT2D eigenvalue weighted by Gasteiger charge is 2.26. The summed E-state index contributed by atoms with van der Waals surface area (Å²) in [4.78, 5) is 0. The van der Waals surface area contributed by atoms with Crippen LogP contribution >= 0.6 is 11.6 Å². The van der Waals surface area contributed by atoms with Crippen LogP contribution in [0.25, 0.3) is 0 Å². The molecule has 1 aromatic carbocycles. The molecule has 21 heavy (non-hydrogen) atoms. The van der Waals surface area contributed by atoms with Crippen molar-refractivity contribution in [3.05, 3.63) is 51.3 Å². The van der Waals surface area contributed by atoms with Crippen molar-refractivity contribution in [1.29, 1.82) is 0 Å². The van der Waals surface area contributed by atoms with Crippen molar-refractivity contribution in [2.24, 2.45) is 12.8 Å². The topological polar surface area (TPSA) is 43.8 Å². The van der Waals surface area contributed by atoms with Gasteiger partial charge < -0.3 is 5.73 Å². The summed E-state index contributed by atoms with van der Waals surface area (Å²) in [5.74, 6) is 0. The standard InChI is InChI=1S/C17H24ClN3/c1-6-14-16(18)15(21(5)20-14)10-17(4,19)13-8-7-11(2)12(3)9-13/h7-9H,6,10,19H2,1-5H3. The molecule has 2 aromatic rings. The first kappa shape index (κ1) is 16.1. The maximum atomic E-state index is 6.58. The highest BCUT2D eigenvalue weighted by Crippen LogP contribution is 2.29. The predicted molar refractivity (Wildman–Crippen MR) is 88.8 cm³/mol. The number of halogens is 1. The molecule has 1 unspecified atom stereocenters. The number of nitrogens with two attached hydrogens (primary N) is 1. The lowest BCUT2D eigenvalue weighted by Gasteiger charge is -2.26. The molecule has 114 valence electrons. The van der Waals surface area contributed by atoms with Crippen molar-refractivity contribution < 1.29 is 0 Å². The second-order valence-electron chi connectivity index (χ2n) is 6.08. The molecule has 0 spiro atoms. The molecule has 0 saturated carbocycles. The molecule has 0 aliphatic heterocycles. The molecule has 0 radical (unpaired) electrons. The van der Waals surface area contributed by atoms with E-state index in [1.807, 2.05) is 18.7 Å². The minimum atomic E-state index is -0.471. The summed E-state index contributed by atoms with van der Waals surface area (Å²) < 4.78 is 1.85. The van der Waals surface area contributed by atoms with Crippen LogP contribution in [0.2, 0.25) is 5.02 Å². The van der Waals surface area contributed by atoms with Crippen LogP contribution in [0.15, 0.2) is 18.2 Å². The Balaban J connectivity index is 2.37. The first-order valence-electron chi connectivity index (χ1n) is 7.33. The lowest BCUT2D eigenvalue weighted by atomic mass is 9.86. The number of hydrogen-bond donors (Lipinski definition) is 1. The Hall–Kier alpha value is -1.32. The number of aryl methyl sites for hydroxylation is 4. The molecule has 0 fully saturated rings. The van der Waals surface area contributed by atoms with Gasteiger partial charge in [-0.1, -0.05) is 36.7 Å². The third kappa shape index (κ3) is 3.14. The number of aromatic nitrogens is 2. The normalized spacial score (nSPS) is 14.2. The molecule has 1 heterocycles. The Morgan fingerprint density at radius 2 is 1.95 bits per heavy atom. The molecule has 0 amide bonds. The molecule has 1 aromatic heterocycles. The monoisotopic (exact) mass is 305 g/mol. The Labute approximate surface area is 132 Å². The van der Waals surface area contributed by atoms with Crippen molar-refractivity contribution >= 4 is 11.6 Å². The van der Waals surface area contributed by atoms with Gasteiger partial charge in [-0.05, 0) is 43.9 Å². The largest absolute Gasteiger partial charge is 0.321 e. The van der Waals surface area contributed by atoms with Gasteiger partial charge in [-0.2, -0.15) is 5.10 Å². The zero-order valence-electron chi connectivity index (χ0n) is 13.5. The first-order chi connectivity index (χ1) is 9.76. The summed E-state index contributed by atoms with van der Waals surface area (Å²) in [6, 6.07) is 6.39. The fourth-order valence-corrected chi connectivity index (χ4v) is 2.92. The van der Waals surface area contributed by atoms with Gasteiger partial charge in [-0.25, -0.2) is 0 Å². The maximum absolute atomic E-state index is 6.58. The lowest BCUT2D eigenvalue weighted by molar-refractivity contribution is 0.471. The van der Waals surface area contributed by atoms with Gasteiger partial charge >= 0.3 is 0 Å². The zero-order valence-corrected chi connectivity index (χ0v) is 14.3. The molecule has 1 atom stereocenters. The van der Waals surface area contributed by atoms with Crippen molar-refractivity contribution in [3.8, 4) is 0 Å². The quantitative estimate of drug-likeness (QED) is 0.936. The SMILES string of the molecule is CCc1nn(C)c(CC(C)(N)c2ccc(C)c(C)c2)c1Cl. The summed E-state index contributed by atoms with van der Waals surface area (Å²) in [5, 5.41) is 5.22. The van der Waals surface area contributed by atoms with Crippen molar-refractivity contribution in [3.63, 3.8) is 0 Å². The second kappa shape index (κ2) is 5.82. The molecule has 2 rings (SSSR count). The Morgan fingerprint density at radius 3 is 2.48 bits per heavy atom. The minimum absolute atomic E-state index is 0.471. The smallest absolute Gasteiger partial charge is 0.0850 e. The van der Waals surface area contributed by atoms with E-state index in [4.69, 9.17) is 17.3 Å². The van der Waals surface area contributed by atoms with E-state index in [-0.39, 0.29) is 0 Å². The first-order valence-corrected chi connectivity index (χ1v) is 7.71. The summed E-state index contributed by atoms with van der Waals surface area (Å²) >= 11 is 6.44. The van der Waals surface area contributed by atoms with Crippen LogP contribution < -0.4 is 5.73 Å². The fraction of sp³-hybridized carbons (Fsp3) is 0.471. The molecule has 3 nitrogen and oxygen atoms in total. The van der Waals surface area contributed by atoms with Gasteiger partial charge in [0.2, 0.25) is 0 Å². The van der Waals surface area contributed by atoms with Crippen molar-refractivity contribution in [2.45, 2.75) is 46.1 Å². The van der Waals surface area contributed by atoms with Crippen molar-refractivity contribution in [2.75, 3.05) is 0 Å². The summed E-state index contributed by atoms with van der Waals surface area (Å²) in [6.07, 6.45) is 1.50. The van der Waals surface area contributed by atoms with E-state index in [9.17, 15) is 0 Å². The Morgan fingerprint density at radius 1 is 1.29 bits per heavy atom. The van der Waals surface area contributed by atoms with Gasteiger partial charge in [-0.3, -0.25) is 4.68 Å². The molecule has 0 saturated heterocycles. The highest BCUT2D eigenvalue weighted by atomic mass is 35.5. The highest BCUT2D eigenvalue weighted by molar-refractivity contribution is 6.31. The summed E-state index contributed by atoms with van der Waals surface area (Å²) in [7, 11) is 1.93. The molecule has 0 aliphatic carbocycles. The molecule has 2 N–H and O–H groups in total. The van der Waals surface area contributed by atoms with Gasteiger partial charge in [0, 0.05) is 19.0 Å². The van der Waals surface area contributed by atoms with Crippen LogP contribution in [0.4, 0.5) is 0 Å². The van der Waals surface area contributed by atoms with Crippen LogP contribution in [0, 0.1) is 13.8 Å². The van der Waals surface area contributed by atoms with Gasteiger partial charge in [0.15, 0.2) is 0 Å². The van der Waals surface area contributed by atoms with Crippen LogP contribution in [0.3, 0.4) is 0 Å². The average Bonchev–Trinajstić information content (AvgIpc) is 2.69. The van der Waals surface area contributed by atoms with E-state index in [1.165, 1.54) is 11.1 Å². The van der Waals surface area contributed by atoms with E-state index in [0.29, 0.717) is 6.42 Å². The van der Waals surface area contributed by atoms with Gasteiger partial charge in [-0.15, -0.1) is 0 Å².